The van der Waals surface area contributed by atoms with Crippen LogP contribution in [0.2, 0.25) is 0 Å². The summed E-state index contributed by atoms with van der Waals surface area (Å²) < 4.78 is 6.91. The van der Waals surface area contributed by atoms with E-state index in [1.165, 1.54) is 0 Å². The summed E-state index contributed by atoms with van der Waals surface area (Å²) in [4.78, 5) is 32.4. The Morgan fingerprint density at radius 2 is 2.10 bits per heavy atom. The van der Waals surface area contributed by atoms with Crippen LogP contribution in [0.5, 0.6) is 0 Å². The first-order valence-electron chi connectivity index (χ1n) is 9.76. The van der Waals surface area contributed by atoms with Gasteiger partial charge in [-0.05, 0) is 40.0 Å². The smallest absolute Gasteiger partial charge is 0.290 e. The molecule has 164 valence electrons. The minimum atomic E-state index is -0.728. The van der Waals surface area contributed by atoms with E-state index in [9.17, 15) is 14.7 Å². The maximum Gasteiger partial charge on any atom is 0.290 e. The number of carboxylic acid groups (broad SMARTS) is 1. The minimum absolute atomic E-state index is 0.00626. The Morgan fingerprint density at radius 1 is 1.41 bits per heavy atom. The average Bonchev–Trinajstić information content (AvgIpc) is 3.16. The van der Waals surface area contributed by atoms with Crippen LogP contribution in [-0.4, -0.2) is 63.6 Å². The van der Waals surface area contributed by atoms with Gasteiger partial charge in [0.1, 0.15) is 6.61 Å². The number of hydrogen-bond acceptors (Lipinski definition) is 6. The molecule has 1 fully saturated rings. The van der Waals surface area contributed by atoms with Gasteiger partial charge in [-0.3, -0.25) is 19.1 Å². The number of carbonyl (C=O) groups is 3. The van der Waals surface area contributed by atoms with Crippen LogP contribution < -0.4 is 10.6 Å². The maximum absolute atomic E-state index is 12.4. The standard InChI is InChI=1S/C18H30N4O4.CH2O2/c1-4-26-11-17(24)21-15-6-5-14(7-16(15)23)18(25)19-8-13-9-20-22(10-13)12(2)3;2-1-3/h9-10,12,14-16,23H,4-8,11H2,1-3H3,(H,19,25)(H,21,24);1H,(H,2,3)/t14-,15+,16+;/m0./s1. The molecule has 1 saturated carbocycles. The van der Waals surface area contributed by atoms with Crippen molar-refractivity contribution in [3.63, 3.8) is 0 Å². The second-order valence-corrected chi connectivity index (χ2v) is 7.13. The molecule has 2 amide bonds. The van der Waals surface area contributed by atoms with E-state index in [4.69, 9.17) is 14.6 Å². The van der Waals surface area contributed by atoms with Gasteiger partial charge in [0.2, 0.25) is 11.8 Å². The van der Waals surface area contributed by atoms with Gasteiger partial charge in [-0.2, -0.15) is 5.10 Å². The lowest BCUT2D eigenvalue weighted by atomic mass is 9.83. The Kier molecular flexibility index (Phi) is 10.9. The number of aromatic nitrogens is 2. The normalized spacial score (nSPS) is 21.1. The lowest BCUT2D eigenvalue weighted by Gasteiger charge is -2.32. The summed E-state index contributed by atoms with van der Waals surface area (Å²) in [6.07, 6.45) is 4.49. The van der Waals surface area contributed by atoms with Gasteiger partial charge in [0.15, 0.2) is 0 Å². The summed E-state index contributed by atoms with van der Waals surface area (Å²) in [7, 11) is 0. The van der Waals surface area contributed by atoms with Crippen molar-refractivity contribution >= 4 is 18.3 Å². The number of aliphatic hydroxyl groups is 1. The van der Waals surface area contributed by atoms with Crippen LogP contribution in [0.4, 0.5) is 0 Å². The highest BCUT2D eigenvalue weighted by molar-refractivity contribution is 5.79. The first kappa shape index (κ1) is 24.6. The van der Waals surface area contributed by atoms with Crippen molar-refractivity contribution < 1.29 is 29.3 Å². The molecule has 0 saturated heterocycles. The van der Waals surface area contributed by atoms with Crippen molar-refractivity contribution in [1.29, 1.82) is 0 Å². The summed E-state index contributed by atoms with van der Waals surface area (Å²) in [5, 5.41) is 27.1. The number of amides is 2. The first-order chi connectivity index (χ1) is 13.8. The number of ether oxygens (including phenoxy) is 1. The molecule has 0 aromatic carbocycles. The topological polar surface area (TPSA) is 143 Å². The number of aliphatic hydroxyl groups excluding tert-OH is 1. The van der Waals surface area contributed by atoms with E-state index in [1.807, 2.05) is 31.6 Å². The Morgan fingerprint density at radius 3 is 2.66 bits per heavy atom. The van der Waals surface area contributed by atoms with Crippen molar-refractivity contribution in [2.24, 2.45) is 5.92 Å². The molecule has 1 aliphatic rings. The zero-order valence-electron chi connectivity index (χ0n) is 17.2. The highest BCUT2D eigenvalue weighted by Gasteiger charge is 2.33. The lowest BCUT2D eigenvalue weighted by Crippen LogP contribution is -2.49. The van der Waals surface area contributed by atoms with Gasteiger partial charge in [0.25, 0.3) is 6.47 Å². The third kappa shape index (κ3) is 8.61. The van der Waals surface area contributed by atoms with Gasteiger partial charge in [0.05, 0.1) is 18.3 Å². The predicted molar refractivity (Wildman–Crippen MR) is 105 cm³/mol. The van der Waals surface area contributed by atoms with E-state index < -0.39 is 6.10 Å². The zero-order chi connectivity index (χ0) is 21.8. The molecule has 0 bridgehead atoms. The van der Waals surface area contributed by atoms with Crippen LogP contribution in [0, 0.1) is 5.92 Å². The summed E-state index contributed by atoms with van der Waals surface area (Å²) >= 11 is 0. The van der Waals surface area contributed by atoms with Crippen molar-refractivity contribution in [1.82, 2.24) is 20.4 Å². The van der Waals surface area contributed by atoms with Gasteiger partial charge in [0, 0.05) is 36.9 Å². The molecule has 4 N–H and O–H groups in total. The highest BCUT2D eigenvalue weighted by Crippen LogP contribution is 2.25. The largest absolute Gasteiger partial charge is 0.483 e. The zero-order valence-corrected chi connectivity index (χ0v) is 17.2. The summed E-state index contributed by atoms with van der Waals surface area (Å²) in [5.74, 6) is -0.549. The molecule has 1 heterocycles. The van der Waals surface area contributed by atoms with Crippen LogP contribution in [0.15, 0.2) is 12.4 Å². The quantitative estimate of drug-likeness (QED) is 0.454. The van der Waals surface area contributed by atoms with Crippen LogP contribution in [0.3, 0.4) is 0 Å². The van der Waals surface area contributed by atoms with Crippen LogP contribution in [0.1, 0.15) is 51.6 Å². The second-order valence-electron chi connectivity index (χ2n) is 7.13. The molecule has 10 heteroatoms. The minimum Gasteiger partial charge on any atom is -0.483 e. The van der Waals surface area contributed by atoms with E-state index in [1.54, 1.807) is 6.20 Å². The third-order valence-corrected chi connectivity index (χ3v) is 4.62. The second kappa shape index (κ2) is 12.9. The number of hydrogen-bond donors (Lipinski definition) is 4. The first-order valence-corrected chi connectivity index (χ1v) is 9.76. The van der Waals surface area contributed by atoms with Crippen molar-refractivity contribution in [3.05, 3.63) is 18.0 Å². The fraction of sp³-hybridized carbons (Fsp3) is 0.684. The monoisotopic (exact) mass is 412 g/mol. The van der Waals surface area contributed by atoms with Crippen molar-refractivity contribution in [3.8, 4) is 0 Å². The van der Waals surface area contributed by atoms with Gasteiger partial charge in [-0.1, -0.05) is 0 Å². The molecular formula is C19H32N4O6. The molecule has 2 rings (SSSR count). The predicted octanol–water partition coefficient (Wildman–Crippen LogP) is 0.463. The van der Waals surface area contributed by atoms with E-state index in [2.05, 4.69) is 15.7 Å². The Hall–Kier alpha value is -2.46. The molecule has 0 radical (unpaired) electrons. The number of nitrogens with one attached hydrogen (secondary N) is 2. The van der Waals surface area contributed by atoms with E-state index in [0.29, 0.717) is 32.4 Å². The Bertz CT molecular complexity index is 648. The maximum atomic E-state index is 12.4. The summed E-state index contributed by atoms with van der Waals surface area (Å²) in [6.45, 7) is 6.55. The summed E-state index contributed by atoms with van der Waals surface area (Å²) in [6, 6.07) is -0.0425. The molecule has 29 heavy (non-hydrogen) atoms. The van der Waals surface area contributed by atoms with E-state index in [-0.39, 0.29) is 42.9 Å². The van der Waals surface area contributed by atoms with E-state index in [0.717, 1.165) is 5.56 Å². The van der Waals surface area contributed by atoms with Gasteiger partial charge in [-0.25, -0.2) is 0 Å². The van der Waals surface area contributed by atoms with Gasteiger partial charge in [-0.15, -0.1) is 0 Å². The fourth-order valence-electron chi connectivity index (χ4n) is 3.08. The Balaban J connectivity index is 0.00000132. The molecule has 1 aromatic heterocycles. The lowest BCUT2D eigenvalue weighted by molar-refractivity contribution is -0.130. The highest BCUT2D eigenvalue weighted by atomic mass is 16.5. The molecule has 1 aliphatic carbocycles. The Labute approximate surface area is 170 Å². The van der Waals surface area contributed by atoms with E-state index >= 15 is 0 Å². The molecular weight excluding hydrogens is 380 g/mol. The molecule has 0 aliphatic heterocycles. The fourth-order valence-corrected chi connectivity index (χ4v) is 3.08. The van der Waals surface area contributed by atoms with Crippen molar-refractivity contribution in [2.75, 3.05) is 13.2 Å². The number of rotatable bonds is 8. The number of carbonyl (C=O) groups excluding carboxylic acids is 2. The molecule has 10 nitrogen and oxygen atoms in total. The summed E-state index contributed by atoms with van der Waals surface area (Å²) in [5.41, 5.74) is 0.949. The van der Waals surface area contributed by atoms with Crippen molar-refractivity contribution in [2.45, 2.75) is 64.8 Å². The van der Waals surface area contributed by atoms with Gasteiger partial charge < -0.3 is 25.6 Å². The SMILES string of the molecule is CCOCC(=O)N[C@@H]1CC[C@H](C(=O)NCc2cnn(C(C)C)c2)C[C@H]1O.O=CO. The third-order valence-electron chi connectivity index (χ3n) is 4.62. The average molecular weight is 412 g/mol. The molecule has 3 atom stereocenters. The molecule has 0 unspecified atom stereocenters. The number of nitrogens with zero attached hydrogens (tertiary/aromatic N) is 2. The molecule has 1 aromatic rings. The van der Waals surface area contributed by atoms with Crippen LogP contribution >= 0.6 is 0 Å². The molecule has 0 spiro atoms. The van der Waals surface area contributed by atoms with Crippen LogP contribution in [0.25, 0.3) is 0 Å². The van der Waals surface area contributed by atoms with Crippen LogP contribution in [-0.2, 0) is 25.7 Å². The van der Waals surface area contributed by atoms with Gasteiger partial charge >= 0.3 is 0 Å².